The van der Waals surface area contributed by atoms with Crippen molar-refractivity contribution < 1.29 is 5.11 Å². The first-order valence-electron chi connectivity index (χ1n) is 4.52. The predicted molar refractivity (Wildman–Crippen MR) is 54.6 cm³/mol. The highest BCUT2D eigenvalue weighted by molar-refractivity contribution is 5.19. The van der Waals surface area contributed by atoms with Crippen LogP contribution in [-0.2, 0) is 0 Å². The first-order chi connectivity index (χ1) is 6.13. The maximum atomic E-state index is 9.59. The van der Waals surface area contributed by atoms with Crippen LogP contribution in [0.5, 0.6) is 0 Å². The van der Waals surface area contributed by atoms with Gasteiger partial charge >= 0.3 is 0 Å². The molecule has 0 aliphatic heterocycles. The number of aliphatic hydroxyl groups excluding tert-OH is 1. The molecule has 0 aliphatic rings. The summed E-state index contributed by atoms with van der Waals surface area (Å²) in [5, 5.41) is 9.59. The molecule has 0 aromatic heterocycles. The Morgan fingerprint density at radius 2 is 1.69 bits per heavy atom. The molecular formula is C11H17NO. The number of benzene rings is 1. The molecule has 2 nitrogen and oxygen atoms in total. The third-order valence-electron chi connectivity index (χ3n) is 2.15. The van der Waals surface area contributed by atoms with E-state index in [9.17, 15) is 5.11 Å². The van der Waals surface area contributed by atoms with Crippen LogP contribution in [0.15, 0.2) is 30.3 Å². The van der Waals surface area contributed by atoms with Gasteiger partial charge in [-0.15, -0.1) is 0 Å². The number of likely N-dealkylation sites (N-methyl/N-ethyl adjacent to an activating group) is 1. The molecule has 0 saturated carbocycles. The van der Waals surface area contributed by atoms with Crippen molar-refractivity contribution >= 4 is 0 Å². The molecular weight excluding hydrogens is 162 g/mol. The Hall–Kier alpha value is -0.860. The van der Waals surface area contributed by atoms with E-state index in [0.29, 0.717) is 0 Å². The lowest BCUT2D eigenvalue weighted by Gasteiger charge is -2.27. The second kappa shape index (κ2) is 4.40. The Morgan fingerprint density at radius 3 is 2.08 bits per heavy atom. The summed E-state index contributed by atoms with van der Waals surface area (Å²) in [5.74, 6) is 0. The minimum atomic E-state index is -0.350. The molecule has 0 unspecified atom stereocenters. The molecule has 13 heavy (non-hydrogen) atoms. The van der Waals surface area contributed by atoms with Crippen molar-refractivity contribution in [1.29, 1.82) is 0 Å². The second-order valence-electron chi connectivity index (χ2n) is 3.56. The first-order valence-corrected chi connectivity index (χ1v) is 4.52. The molecule has 0 bridgehead atoms. The summed E-state index contributed by atoms with van der Waals surface area (Å²) < 4.78 is 0. The quantitative estimate of drug-likeness (QED) is 0.763. The summed E-state index contributed by atoms with van der Waals surface area (Å²) in [6, 6.07) is 10.1. The van der Waals surface area contributed by atoms with Gasteiger partial charge in [-0.3, -0.25) is 0 Å². The van der Waals surface area contributed by atoms with Crippen molar-refractivity contribution in [3.05, 3.63) is 35.9 Å². The third-order valence-corrected chi connectivity index (χ3v) is 2.15. The zero-order valence-corrected chi connectivity index (χ0v) is 8.44. The number of hydrogen-bond donors (Lipinski definition) is 1. The minimum absolute atomic E-state index is 0.0844. The van der Waals surface area contributed by atoms with Crippen LogP contribution in [0.4, 0.5) is 0 Å². The molecule has 0 saturated heterocycles. The Morgan fingerprint density at radius 1 is 1.15 bits per heavy atom. The van der Waals surface area contributed by atoms with Crippen LogP contribution in [0, 0.1) is 0 Å². The van der Waals surface area contributed by atoms with Crippen LogP contribution >= 0.6 is 0 Å². The van der Waals surface area contributed by atoms with E-state index in [-0.39, 0.29) is 12.1 Å². The van der Waals surface area contributed by atoms with Crippen molar-refractivity contribution in [2.75, 3.05) is 14.1 Å². The maximum Gasteiger partial charge on any atom is 0.0708 e. The van der Waals surface area contributed by atoms with Crippen molar-refractivity contribution in [1.82, 2.24) is 4.90 Å². The maximum absolute atomic E-state index is 9.59. The number of hydrogen-bond acceptors (Lipinski definition) is 2. The van der Waals surface area contributed by atoms with Gasteiger partial charge in [0.2, 0.25) is 0 Å². The van der Waals surface area contributed by atoms with Gasteiger partial charge in [0.15, 0.2) is 0 Å². The van der Waals surface area contributed by atoms with Crippen LogP contribution in [0.2, 0.25) is 0 Å². The summed E-state index contributed by atoms with van der Waals surface area (Å²) >= 11 is 0. The van der Waals surface area contributed by atoms with E-state index in [1.54, 1.807) is 0 Å². The van der Waals surface area contributed by atoms with Crippen LogP contribution in [0.3, 0.4) is 0 Å². The second-order valence-corrected chi connectivity index (χ2v) is 3.56. The molecule has 0 aliphatic carbocycles. The molecule has 0 spiro atoms. The van der Waals surface area contributed by atoms with E-state index >= 15 is 0 Å². The highest BCUT2D eigenvalue weighted by Gasteiger charge is 2.18. The summed E-state index contributed by atoms with van der Waals surface area (Å²) in [6.45, 7) is 1.82. The van der Waals surface area contributed by atoms with E-state index in [4.69, 9.17) is 0 Å². The number of nitrogens with zero attached hydrogens (tertiary/aromatic N) is 1. The fourth-order valence-electron chi connectivity index (χ4n) is 1.66. The zero-order valence-electron chi connectivity index (χ0n) is 8.44. The van der Waals surface area contributed by atoms with Crippen molar-refractivity contribution in [3.63, 3.8) is 0 Å². The van der Waals surface area contributed by atoms with Crippen LogP contribution in [-0.4, -0.2) is 30.2 Å². The summed E-state index contributed by atoms with van der Waals surface area (Å²) in [5.41, 5.74) is 1.16. The molecule has 1 N–H and O–H groups in total. The van der Waals surface area contributed by atoms with Crippen molar-refractivity contribution in [2.24, 2.45) is 0 Å². The van der Waals surface area contributed by atoms with Crippen LogP contribution in [0.25, 0.3) is 0 Å². The monoisotopic (exact) mass is 179 g/mol. The van der Waals surface area contributed by atoms with E-state index in [1.165, 1.54) is 0 Å². The summed E-state index contributed by atoms with van der Waals surface area (Å²) in [4.78, 5) is 2.03. The SMILES string of the molecule is C[C@H](O)[C@@H](c1ccccc1)N(C)C. The minimum Gasteiger partial charge on any atom is -0.391 e. The van der Waals surface area contributed by atoms with E-state index in [2.05, 4.69) is 0 Å². The standard InChI is InChI=1S/C11H17NO/c1-9(13)11(12(2)3)10-7-5-4-6-8-10/h4-9,11,13H,1-3H3/t9-,11-/m0/s1. The number of aliphatic hydroxyl groups is 1. The molecule has 2 atom stereocenters. The van der Waals surface area contributed by atoms with E-state index < -0.39 is 0 Å². The van der Waals surface area contributed by atoms with Gasteiger partial charge in [-0.1, -0.05) is 30.3 Å². The van der Waals surface area contributed by atoms with E-state index in [1.807, 2.05) is 56.3 Å². The topological polar surface area (TPSA) is 23.5 Å². The highest BCUT2D eigenvalue weighted by Crippen LogP contribution is 2.21. The largest absolute Gasteiger partial charge is 0.391 e. The van der Waals surface area contributed by atoms with Gasteiger partial charge < -0.3 is 10.0 Å². The highest BCUT2D eigenvalue weighted by atomic mass is 16.3. The average molecular weight is 179 g/mol. The number of rotatable bonds is 3. The lowest BCUT2D eigenvalue weighted by molar-refractivity contribution is 0.0906. The predicted octanol–water partition coefficient (Wildman–Crippen LogP) is 1.67. The van der Waals surface area contributed by atoms with Gasteiger partial charge in [0, 0.05) is 0 Å². The Labute approximate surface area is 79.8 Å². The Bertz CT molecular complexity index is 236. The van der Waals surface area contributed by atoms with Crippen LogP contribution in [0.1, 0.15) is 18.5 Å². The molecule has 0 heterocycles. The molecule has 1 aromatic carbocycles. The molecule has 0 radical (unpaired) electrons. The lowest BCUT2D eigenvalue weighted by atomic mass is 10.0. The molecule has 1 rings (SSSR count). The van der Waals surface area contributed by atoms with Gasteiger partial charge in [-0.05, 0) is 26.6 Å². The Kier molecular flexibility index (Phi) is 3.46. The fourth-order valence-corrected chi connectivity index (χ4v) is 1.66. The van der Waals surface area contributed by atoms with Gasteiger partial charge in [0.1, 0.15) is 0 Å². The lowest BCUT2D eigenvalue weighted by Crippen LogP contribution is -2.29. The Balaban J connectivity index is 2.89. The van der Waals surface area contributed by atoms with E-state index in [0.717, 1.165) is 5.56 Å². The molecule has 1 aromatic rings. The summed E-state index contributed by atoms with van der Waals surface area (Å²) in [6.07, 6.45) is -0.350. The van der Waals surface area contributed by atoms with Gasteiger partial charge in [-0.2, -0.15) is 0 Å². The van der Waals surface area contributed by atoms with Gasteiger partial charge in [0.25, 0.3) is 0 Å². The van der Waals surface area contributed by atoms with Crippen molar-refractivity contribution in [3.8, 4) is 0 Å². The first kappa shape index (κ1) is 10.2. The van der Waals surface area contributed by atoms with Crippen molar-refractivity contribution in [2.45, 2.75) is 19.1 Å². The molecule has 2 heteroatoms. The average Bonchev–Trinajstić information content (AvgIpc) is 2.04. The molecule has 0 amide bonds. The fraction of sp³-hybridized carbons (Fsp3) is 0.455. The van der Waals surface area contributed by atoms with Crippen LogP contribution < -0.4 is 0 Å². The molecule has 0 fully saturated rings. The van der Waals surface area contributed by atoms with Gasteiger partial charge in [-0.25, -0.2) is 0 Å². The third kappa shape index (κ3) is 2.54. The van der Waals surface area contributed by atoms with Gasteiger partial charge in [0.05, 0.1) is 12.1 Å². The smallest absolute Gasteiger partial charge is 0.0708 e. The normalized spacial score (nSPS) is 15.8. The summed E-state index contributed by atoms with van der Waals surface area (Å²) in [7, 11) is 3.95. The molecule has 72 valence electrons. The zero-order chi connectivity index (χ0) is 9.84.